The van der Waals surface area contributed by atoms with Crippen LogP contribution in [0.3, 0.4) is 0 Å². The lowest BCUT2D eigenvalue weighted by atomic mass is 9.90. The van der Waals surface area contributed by atoms with Gasteiger partial charge in [-0.3, -0.25) is 9.48 Å². The Bertz CT molecular complexity index is 1350. The first-order chi connectivity index (χ1) is 19.6. The van der Waals surface area contributed by atoms with Crippen molar-refractivity contribution in [1.82, 2.24) is 39.1 Å². The van der Waals surface area contributed by atoms with Gasteiger partial charge >= 0.3 is 6.18 Å². The summed E-state index contributed by atoms with van der Waals surface area (Å²) in [6.07, 6.45) is 2.41. The molecule has 1 saturated carbocycles. The molecule has 14 heteroatoms. The van der Waals surface area contributed by atoms with Crippen LogP contribution in [0.2, 0.25) is 0 Å². The molecular weight excluding hydrogens is 537 g/mol. The SMILES string of the molecule is CN1CCN(C(=O)Cn2cc(Nc3nc4c(N5C[C@H]6CC[C@@H](C5)C6N(C)CCC(F)(F)F)cccn4n3)cn2)CC1. The van der Waals surface area contributed by atoms with Crippen molar-refractivity contribution in [3.8, 4) is 0 Å². The van der Waals surface area contributed by atoms with Crippen molar-refractivity contribution in [3.05, 3.63) is 30.7 Å². The molecule has 3 aliphatic rings. The standard InChI is InChI=1S/C27H37F3N10O/c1-35-10-12-37(13-11-35)23(41)18-39-17-21(14-31-39)32-26-33-25-22(4-3-8-40(25)34-26)38-15-19-5-6-20(16-38)24(19)36(2)9-7-27(28,29)30/h3-4,8,14,17,19-20,24H,5-7,9-13,15-16,18H2,1-2H3,(H,32,34)/t19-,20+,24?. The van der Waals surface area contributed by atoms with E-state index in [2.05, 4.69) is 32.4 Å². The predicted molar refractivity (Wildman–Crippen MR) is 148 cm³/mol. The molecule has 41 heavy (non-hydrogen) atoms. The fourth-order valence-corrected chi connectivity index (χ4v) is 6.69. The highest BCUT2D eigenvalue weighted by Gasteiger charge is 2.45. The summed E-state index contributed by atoms with van der Waals surface area (Å²) >= 11 is 0. The van der Waals surface area contributed by atoms with Crippen LogP contribution in [0.5, 0.6) is 0 Å². The van der Waals surface area contributed by atoms with Crippen LogP contribution in [0.25, 0.3) is 5.65 Å². The normalized spacial score (nSPS) is 23.6. The van der Waals surface area contributed by atoms with Gasteiger partial charge in [0.15, 0.2) is 5.65 Å². The molecule has 1 unspecified atom stereocenters. The van der Waals surface area contributed by atoms with Gasteiger partial charge in [0.05, 0.1) is 24.0 Å². The molecule has 3 fully saturated rings. The Labute approximate surface area is 236 Å². The summed E-state index contributed by atoms with van der Waals surface area (Å²) in [5, 5.41) is 12.1. The number of piperazine rings is 1. The number of carbonyl (C=O) groups is 1. The van der Waals surface area contributed by atoms with E-state index in [1.807, 2.05) is 35.2 Å². The Morgan fingerprint density at radius 3 is 2.59 bits per heavy atom. The molecule has 2 aliphatic heterocycles. The zero-order valence-electron chi connectivity index (χ0n) is 23.5. The van der Waals surface area contributed by atoms with Gasteiger partial charge < -0.3 is 24.9 Å². The molecule has 11 nitrogen and oxygen atoms in total. The van der Waals surface area contributed by atoms with Gasteiger partial charge in [-0.2, -0.15) is 23.3 Å². The van der Waals surface area contributed by atoms with Gasteiger partial charge in [-0.1, -0.05) is 0 Å². The Balaban J connectivity index is 1.11. The van der Waals surface area contributed by atoms with Crippen molar-refractivity contribution in [2.75, 3.05) is 70.1 Å². The zero-order chi connectivity index (χ0) is 28.7. The summed E-state index contributed by atoms with van der Waals surface area (Å²) in [5.41, 5.74) is 2.38. The van der Waals surface area contributed by atoms with Gasteiger partial charge in [0.25, 0.3) is 0 Å². The maximum atomic E-state index is 12.8. The van der Waals surface area contributed by atoms with E-state index in [1.165, 1.54) is 0 Å². The first-order valence-corrected chi connectivity index (χ1v) is 14.3. The summed E-state index contributed by atoms with van der Waals surface area (Å²) in [6.45, 7) is 4.97. The lowest BCUT2D eigenvalue weighted by Crippen LogP contribution is -2.52. The first kappa shape index (κ1) is 27.8. The zero-order valence-corrected chi connectivity index (χ0v) is 23.5. The monoisotopic (exact) mass is 574 g/mol. The van der Waals surface area contributed by atoms with Gasteiger partial charge in [-0.25, -0.2) is 4.52 Å². The molecule has 3 atom stereocenters. The van der Waals surface area contributed by atoms with E-state index in [9.17, 15) is 18.0 Å². The number of amides is 1. The number of halogens is 3. The summed E-state index contributed by atoms with van der Waals surface area (Å²) in [6, 6.07) is 4.14. The minimum Gasteiger partial charge on any atom is -0.368 e. The number of hydrogen-bond acceptors (Lipinski definition) is 8. The van der Waals surface area contributed by atoms with Crippen molar-refractivity contribution in [2.45, 2.75) is 38.0 Å². The summed E-state index contributed by atoms with van der Waals surface area (Å²) in [4.78, 5) is 25.7. The van der Waals surface area contributed by atoms with Crippen molar-refractivity contribution in [1.29, 1.82) is 0 Å². The van der Waals surface area contributed by atoms with E-state index in [0.29, 0.717) is 23.5 Å². The lowest BCUT2D eigenvalue weighted by molar-refractivity contribution is -0.139. The molecule has 6 rings (SSSR count). The number of alkyl halides is 3. The van der Waals surface area contributed by atoms with Gasteiger partial charge in [-0.15, -0.1) is 5.10 Å². The molecule has 2 saturated heterocycles. The van der Waals surface area contributed by atoms with Crippen LogP contribution in [0.1, 0.15) is 19.3 Å². The molecule has 0 aromatic carbocycles. The van der Waals surface area contributed by atoms with Gasteiger partial charge in [0.2, 0.25) is 11.9 Å². The number of carbonyl (C=O) groups excluding carboxylic acids is 1. The van der Waals surface area contributed by atoms with E-state index in [-0.39, 0.29) is 25.0 Å². The average Bonchev–Trinajstić information content (AvgIpc) is 3.62. The second-order valence-electron chi connectivity index (χ2n) is 11.7. The van der Waals surface area contributed by atoms with E-state index >= 15 is 0 Å². The van der Waals surface area contributed by atoms with E-state index in [0.717, 1.165) is 63.4 Å². The number of likely N-dealkylation sites (N-methyl/N-ethyl adjacent to an activating group) is 1. The first-order valence-electron chi connectivity index (χ1n) is 14.3. The van der Waals surface area contributed by atoms with E-state index in [1.54, 1.807) is 21.6 Å². The number of rotatable bonds is 8. The van der Waals surface area contributed by atoms with Crippen LogP contribution < -0.4 is 10.2 Å². The fraction of sp³-hybridized carbons (Fsp3) is 0.630. The predicted octanol–water partition coefficient (Wildman–Crippen LogP) is 2.54. The summed E-state index contributed by atoms with van der Waals surface area (Å²) in [7, 11) is 3.89. The van der Waals surface area contributed by atoms with E-state index in [4.69, 9.17) is 4.98 Å². The maximum Gasteiger partial charge on any atom is 0.390 e. The molecule has 222 valence electrons. The number of pyridine rings is 1. The molecule has 0 spiro atoms. The second-order valence-corrected chi connectivity index (χ2v) is 11.7. The Morgan fingerprint density at radius 1 is 1.15 bits per heavy atom. The summed E-state index contributed by atoms with van der Waals surface area (Å²) in [5.74, 6) is 1.10. The fourth-order valence-electron chi connectivity index (χ4n) is 6.69. The van der Waals surface area contributed by atoms with Gasteiger partial charge in [-0.05, 0) is 50.9 Å². The quantitative estimate of drug-likeness (QED) is 0.439. The molecule has 1 aliphatic carbocycles. The largest absolute Gasteiger partial charge is 0.390 e. The third-order valence-corrected chi connectivity index (χ3v) is 8.77. The molecule has 1 N–H and O–H groups in total. The third kappa shape index (κ3) is 6.13. The Morgan fingerprint density at radius 2 is 1.88 bits per heavy atom. The highest BCUT2D eigenvalue weighted by molar-refractivity contribution is 5.76. The van der Waals surface area contributed by atoms with Crippen molar-refractivity contribution < 1.29 is 18.0 Å². The van der Waals surface area contributed by atoms with Crippen LogP contribution in [-0.4, -0.2) is 117 Å². The molecule has 0 radical (unpaired) electrons. The highest BCUT2D eigenvalue weighted by Crippen LogP contribution is 2.42. The number of hydrogen-bond donors (Lipinski definition) is 1. The van der Waals surface area contributed by atoms with Crippen molar-refractivity contribution in [3.63, 3.8) is 0 Å². The number of fused-ring (bicyclic) bond motifs is 3. The number of anilines is 3. The van der Waals surface area contributed by atoms with Gasteiger partial charge in [0, 0.05) is 64.2 Å². The number of aromatic nitrogens is 5. The Hall–Kier alpha value is -3.39. The minimum atomic E-state index is -4.14. The molecular formula is C27H37F3N10O. The van der Waals surface area contributed by atoms with Crippen molar-refractivity contribution >= 4 is 28.9 Å². The molecule has 2 bridgehead atoms. The number of nitrogens with one attached hydrogen (secondary N) is 1. The van der Waals surface area contributed by atoms with Crippen LogP contribution in [0.15, 0.2) is 30.7 Å². The Kier molecular flexibility index (Phi) is 7.53. The van der Waals surface area contributed by atoms with Gasteiger partial charge in [0.1, 0.15) is 6.54 Å². The third-order valence-electron chi connectivity index (χ3n) is 8.77. The number of nitrogens with zero attached hydrogens (tertiary/aromatic N) is 9. The molecule has 5 heterocycles. The summed E-state index contributed by atoms with van der Waals surface area (Å²) < 4.78 is 41.8. The topological polar surface area (TPSA) is 90.1 Å². The minimum absolute atomic E-state index is 0.0382. The van der Waals surface area contributed by atoms with Crippen LogP contribution in [-0.2, 0) is 11.3 Å². The molecule has 3 aromatic heterocycles. The number of piperidine rings is 1. The average molecular weight is 575 g/mol. The lowest BCUT2D eigenvalue weighted by Gasteiger charge is -2.43. The van der Waals surface area contributed by atoms with Crippen LogP contribution in [0.4, 0.5) is 30.5 Å². The second kappa shape index (κ2) is 11.1. The van der Waals surface area contributed by atoms with E-state index < -0.39 is 12.6 Å². The maximum absolute atomic E-state index is 12.8. The smallest absolute Gasteiger partial charge is 0.368 e. The van der Waals surface area contributed by atoms with Crippen molar-refractivity contribution in [2.24, 2.45) is 11.8 Å². The molecule has 1 amide bonds. The highest BCUT2D eigenvalue weighted by atomic mass is 19.4. The van der Waals surface area contributed by atoms with Crippen LogP contribution in [0, 0.1) is 11.8 Å². The van der Waals surface area contributed by atoms with Crippen LogP contribution >= 0.6 is 0 Å². The molecule has 3 aromatic rings.